The first-order valence-electron chi connectivity index (χ1n) is 10.8. The van der Waals surface area contributed by atoms with E-state index in [9.17, 15) is 9.59 Å². The molecule has 1 amide bonds. The van der Waals surface area contributed by atoms with Crippen molar-refractivity contribution in [3.63, 3.8) is 0 Å². The molecule has 1 aromatic rings. The quantitative estimate of drug-likeness (QED) is 0.611. The van der Waals surface area contributed by atoms with E-state index in [0.717, 1.165) is 30.6 Å². The van der Waals surface area contributed by atoms with Gasteiger partial charge in [0.2, 0.25) is 5.91 Å². The Bertz CT molecular complexity index is 766. The molecule has 166 valence electrons. The van der Waals surface area contributed by atoms with Gasteiger partial charge in [0.25, 0.3) is 0 Å². The van der Waals surface area contributed by atoms with Crippen LogP contribution >= 0.6 is 0 Å². The Hall–Kier alpha value is -2.18. The SMILES string of the molecule is CCC1(C)CC(NC(=O)C=CC(=O)O)C(C)C(C)(CC)N1OC(C)c1ccccc1. The summed E-state index contributed by atoms with van der Waals surface area (Å²) in [5.41, 5.74) is 0.534. The third-order valence-corrected chi connectivity index (χ3v) is 6.91. The minimum Gasteiger partial charge on any atom is -0.478 e. The summed E-state index contributed by atoms with van der Waals surface area (Å²) in [7, 11) is 0. The number of hydroxylamine groups is 2. The third kappa shape index (κ3) is 5.10. The second-order valence-corrected chi connectivity index (χ2v) is 8.79. The predicted molar refractivity (Wildman–Crippen MR) is 118 cm³/mol. The highest BCUT2D eigenvalue weighted by atomic mass is 16.7. The Morgan fingerprint density at radius 2 is 1.87 bits per heavy atom. The molecule has 6 heteroatoms. The summed E-state index contributed by atoms with van der Waals surface area (Å²) in [4.78, 5) is 29.7. The van der Waals surface area contributed by atoms with E-state index >= 15 is 0 Å². The topological polar surface area (TPSA) is 78.9 Å². The van der Waals surface area contributed by atoms with Gasteiger partial charge in [-0.3, -0.25) is 9.63 Å². The largest absolute Gasteiger partial charge is 0.478 e. The van der Waals surface area contributed by atoms with Gasteiger partial charge in [0, 0.05) is 29.3 Å². The minimum atomic E-state index is -1.13. The maximum Gasteiger partial charge on any atom is 0.328 e. The molecule has 0 radical (unpaired) electrons. The third-order valence-electron chi connectivity index (χ3n) is 6.91. The number of carboxylic acid groups (broad SMARTS) is 1. The zero-order valence-electron chi connectivity index (χ0n) is 19.0. The molecule has 5 atom stereocenters. The van der Waals surface area contributed by atoms with Crippen molar-refractivity contribution in [3.8, 4) is 0 Å². The zero-order valence-corrected chi connectivity index (χ0v) is 19.0. The fourth-order valence-corrected chi connectivity index (χ4v) is 4.47. The molecule has 5 unspecified atom stereocenters. The molecule has 1 aliphatic heterocycles. The minimum absolute atomic E-state index is 0.0854. The van der Waals surface area contributed by atoms with E-state index in [1.165, 1.54) is 0 Å². The van der Waals surface area contributed by atoms with E-state index in [1.54, 1.807) is 0 Å². The Balaban J connectivity index is 2.31. The Morgan fingerprint density at radius 3 is 2.40 bits per heavy atom. The number of carbonyl (C=O) groups excluding carboxylic acids is 1. The van der Waals surface area contributed by atoms with Crippen molar-refractivity contribution in [1.29, 1.82) is 0 Å². The van der Waals surface area contributed by atoms with E-state index in [0.29, 0.717) is 6.42 Å². The molecular weight excluding hydrogens is 380 g/mol. The van der Waals surface area contributed by atoms with Gasteiger partial charge in [-0.25, -0.2) is 4.79 Å². The van der Waals surface area contributed by atoms with Gasteiger partial charge in [0.1, 0.15) is 6.10 Å². The van der Waals surface area contributed by atoms with Crippen LogP contribution in [0.4, 0.5) is 0 Å². The molecule has 6 nitrogen and oxygen atoms in total. The van der Waals surface area contributed by atoms with Crippen molar-refractivity contribution >= 4 is 11.9 Å². The van der Waals surface area contributed by atoms with Gasteiger partial charge in [-0.15, -0.1) is 0 Å². The first-order chi connectivity index (χ1) is 14.1. The molecule has 0 aliphatic carbocycles. The van der Waals surface area contributed by atoms with Gasteiger partial charge >= 0.3 is 5.97 Å². The molecule has 0 spiro atoms. The molecule has 1 saturated heterocycles. The molecule has 30 heavy (non-hydrogen) atoms. The van der Waals surface area contributed by atoms with Gasteiger partial charge in [0.15, 0.2) is 0 Å². The van der Waals surface area contributed by atoms with E-state index in [1.807, 2.05) is 18.2 Å². The average Bonchev–Trinajstić information content (AvgIpc) is 2.74. The van der Waals surface area contributed by atoms with Gasteiger partial charge in [0.05, 0.1) is 0 Å². The summed E-state index contributed by atoms with van der Waals surface area (Å²) in [6.07, 6.45) is 4.28. The number of hydrogen-bond acceptors (Lipinski definition) is 4. The number of piperidine rings is 1. The van der Waals surface area contributed by atoms with Crippen LogP contribution in [-0.2, 0) is 14.4 Å². The molecular formula is C24H36N2O4. The highest BCUT2D eigenvalue weighted by Crippen LogP contribution is 2.47. The lowest BCUT2D eigenvalue weighted by Crippen LogP contribution is -2.69. The van der Waals surface area contributed by atoms with Crippen molar-refractivity contribution in [2.45, 2.75) is 84.0 Å². The van der Waals surface area contributed by atoms with Gasteiger partial charge < -0.3 is 10.4 Å². The van der Waals surface area contributed by atoms with Gasteiger partial charge in [-0.2, -0.15) is 5.06 Å². The van der Waals surface area contributed by atoms with Gasteiger partial charge in [-0.1, -0.05) is 51.1 Å². The number of nitrogens with zero attached hydrogens (tertiary/aromatic N) is 1. The number of benzene rings is 1. The van der Waals surface area contributed by atoms with E-state index in [4.69, 9.17) is 9.94 Å². The summed E-state index contributed by atoms with van der Waals surface area (Å²) in [5, 5.41) is 14.0. The first-order valence-corrected chi connectivity index (χ1v) is 10.8. The van der Waals surface area contributed by atoms with Crippen LogP contribution < -0.4 is 5.32 Å². The Kier molecular flexibility index (Phi) is 7.83. The number of nitrogens with one attached hydrogen (secondary N) is 1. The van der Waals surface area contributed by atoms with Crippen LogP contribution in [0.3, 0.4) is 0 Å². The summed E-state index contributed by atoms with van der Waals surface area (Å²) < 4.78 is 0. The number of carboxylic acids is 1. The smallest absolute Gasteiger partial charge is 0.328 e. The zero-order chi connectivity index (χ0) is 22.5. The van der Waals surface area contributed by atoms with Crippen molar-refractivity contribution in [3.05, 3.63) is 48.0 Å². The highest BCUT2D eigenvalue weighted by molar-refractivity contribution is 5.94. The van der Waals surface area contributed by atoms with E-state index < -0.39 is 5.97 Å². The Morgan fingerprint density at radius 1 is 1.23 bits per heavy atom. The van der Waals surface area contributed by atoms with Crippen LogP contribution in [0, 0.1) is 5.92 Å². The second kappa shape index (κ2) is 9.75. The number of rotatable bonds is 8. The summed E-state index contributed by atoms with van der Waals surface area (Å²) in [6.45, 7) is 12.8. The lowest BCUT2D eigenvalue weighted by atomic mass is 9.68. The van der Waals surface area contributed by atoms with Crippen molar-refractivity contribution in [2.75, 3.05) is 0 Å². The molecule has 2 rings (SSSR count). The second-order valence-electron chi connectivity index (χ2n) is 8.79. The fraction of sp³-hybridized carbons (Fsp3) is 0.583. The molecule has 0 aromatic heterocycles. The van der Waals surface area contributed by atoms with Crippen LogP contribution in [0.5, 0.6) is 0 Å². The van der Waals surface area contributed by atoms with Crippen LogP contribution in [0.15, 0.2) is 42.5 Å². The number of carbonyl (C=O) groups is 2. The fourth-order valence-electron chi connectivity index (χ4n) is 4.47. The first kappa shape index (κ1) is 24.1. The number of aliphatic carboxylic acids is 1. The van der Waals surface area contributed by atoms with Crippen molar-refractivity contribution in [2.24, 2.45) is 5.92 Å². The molecule has 0 saturated carbocycles. The summed E-state index contributed by atoms with van der Waals surface area (Å²) >= 11 is 0. The van der Waals surface area contributed by atoms with Crippen LogP contribution in [0.25, 0.3) is 0 Å². The van der Waals surface area contributed by atoms with Crippen molar-refractivity contribution in [1.82, 2.24) is 10.4 Å². The molecule has 1 aliphatic rings. The molecule has 1 fully saturated rings. The van der Waals surface area contributed by atoms with Crippen LogP contribution in [-0.4, -0.2) is 39.2 Å². The summed E-state index contributed by atoms with van der Waals surface area (Å²) in [5.74, 6) is -1.40. The maximum atomic E-state index is 12.3. The lowest BCUT2D eigenvalue weighted by Gasteiger charge is -2.60. The molecule has 1 aromatic carbocycles. The standard InChI is InChI=1S/C24H36N2O4/c1-7-23(5)16-20(25-21(27)14-15-22(28)29)17(3)24(6,8-2)26(23)30-18(4)19-12-10-9-11-13-19/h9-15,17-18,20H,7-8,16H2,1-6H3,(H,25,27)(H,28,29). The summed E-state index contributed by atoms with van der Waals surface area (Å²) in [6, 6.07) is 10.1. The molecule has 2 N–H and O–H groups in total. The normalized spacial score (nSPS) is 30.9. The highest BCUT2D eigenvalue weighted by Gasteiger charge is 2.54. The van der Waals surface area contributed by atoms with Crippen LogP contribution in [0.1, 0.15) is 72.5 Å². The predicted octanol–water partition coefficient (Wildman–Crippen LogP) is 4.48. The maximum absolute atomic E-state index is 12.3. The molecule has 1 heterocycles. The molecule has 0 bridgehead atoms. The lowest BCUT2D eigenvalue weighted by molar-refractivity contribution is -0.327. The van der Waals surface area contributed by atoms with Crippen molar-refractivity contribution < 1.29 is 19.5 Å². The van der Waals surface area contributed by atoms with E-state index in [2.05, 4.69) is 64.1 Å². The van der Waals surface area contributed by atoms with Gasteiger partial charge in [-0.05, 0) is 51.5 Å². The average molecular weight is 417 g/mol. The number of amides is 1. The number of hydrogen-bond donors (Lipinski definition) is 2. The van der Waals surface area contributed by atoms with E-state index in [-0.39, 0.29) is 35.0 Å². The Labute approximate surface area is 180 Å². The van der Waals surface area contributed by atoms with Crippen LogP contribution in [0.2, 0.25) is 0 Å². The monoisotopic (exact) mass is 416 g/mol.